The van der Waals surface area contributed by atoms with Crippen LogP contribution in [0.5, 0.6) is 0 Å². The largest absolute Gasteiger partial charge is 0.350 e. The van der Waals surface area contributed by atoms with Crippen LogP contribution < -0.4 is 5.43 Å². The molecule has 1 fully saturated rings. The lowest BCUT2D eigenvalue weighted by molar-refractivity contribution is -0.256. The van der Waals surface area contributed by atoms with E-state index < -0.39 is 5.79 Å². The van der Waals surface area contributed by atoms with Gasteiger partial charge in [-0.15, -0.1) is 0 Å². The van der Waals surface area contributed by atoms with Gasteiger partial charge in [-0.25, -0.2) is 5.43 Å². The van der Waals surface area contributed by atoms with Gasteiger partial charge in [-0.2, -0.15) is 5.10 Å². The lowest BCUT2D eigenvalue weighted by Crippen LogP contribution is -2.41. The van der Waals surface area contributed by atoms with Gasteiger partial charge < -0.3 is 9.47 Å². The van der Waals surface area contributed by atoms with Crippen LogP contribution in [-0.4, -0.2) is 31.1 Å². The minimum atomic E-state index is -0.871. The van der Waals surface area contributed by atoms with Gasteiger partial charge in [-0.05, 0) is 41.0 Å². The van der Waals surface area contributed by atoms with Crippen LogP contribution in [0.3, 0.4) is 0 Å². The van der Waals surface area contributed by atoms with Gasteiger partial charge in [0.1, 0.15) is 0 Å². The van der Waals surface area contributed by atoms with E-state index in [1.54, 1.807) is 13.1 Å². The number of carbonyl (C=O) groups excluding carboxylic acids is 1. The molecule has 0 aliphatic carbocycles. The zero-order valence-electron chi connectivity index (χ0n) is 15.3. The Labute approximate surface area is 158 Å². The number of hydrogen-bond donors (Lipinski definition) is 1. The first kappa shape index (κ1) is 17.6. The molecule has 1 aliphatic heterocycles. The summed E-state index contributed by atoms with van der Waals surface area (Å²) >= 11 is 0. The Balaban J connectivity index is 1.57. The van der Waals surface area contributed by atoms with Gasteiger partial charge in [-0.1, -0.05) is 48.5 Å². The zero-order valence-corrected chi connectivity index (χ0v) is 15.3. The molecule has 1 saturated heterocycles. The van der Waals surface area contributed by atoms with Crippen LogP contribution in [-0.2, 0) is 14.3 Å². The van der Waals surface area contributed by atoms with E-state index in [1.165, 1.54) is 0 Å². The summed E-state index contributed by atoms with van der Waals surface area (Å²) in [4.78, 5) is 12.2. The van der Waals surface area contributed by atoms with Crippen molar-refractivity contribution in [3.63, 3.8) is 0 Å². The van der Waals surface area contributed by atoms with E-state index in [4.69, 9.17) is 9.47 Å². The number of fused-ring (bicyclic) bond motifs is 2. The Bertz CT molecular complexity index is 953. The molecule has 27 heavy (non-hydrogen) atoms. The number of hydrogen-bond acceptors (Lipinski definition) is 4. The van der Waals surface area contributed by atoms with E-state index >= 15 is 0 Å². The molecule has 0 aromatic heterocycles. The zero-order chi connectivity index (χ0) is 18.7. The van der Waals surface area contributed by atoms with Crippen LogP contribution in [0.15, 0.2) is 59.7 Å². The third-order valence-electron chi connectivity index (χ3n) is 4.78. The molecule has 0 saturated carbocycles. The van der Waals surface area contributed by atoms with Gasteiger partial charge in [-0.3, -0.25) is 4.79 Å². The molecular formula is C22H22N2O3. The van der Waals surface area contributed by atoms with E-state index in [9.17, 15) is 4.79 Å². The monoisotopic (exact) mass is 362 g/mol. The maximum absolute atomic E-state index is 12.2. The second-order valence-electron chi connectivity index (χ2n) is 6.89. The minimum absolute atomic E-state index is 0.112. The molecule has 0 unspecified atom stereocenters. The molecule has 1 aliphatic rings. The fraction of sp³-hybridized carbons (Fsp3) is 0.273. The topological polar surface area (TPSA) is 59.9 Å². The van der Waals surface area contributed by atoms with Gasteiger partial charge in [0.05, 0.1) is 25.8 Å². The lowest BCUT2D eigenvalue weighted by atomic mass is 9.97. The molecule has 1 amide bonds. The highest BCUT2D eigenvalue weighted by Gasteiger charge is 2.31. The second-order valence-corrected chi connectivity index (χ2v) is 6.89. The molecule has 0 bridgehead atoms. The van der Waals surface area contributed by atoms with E-state index in [1.807, 2.05) is 24.3 Å². The van der Waals surface area contributed by atoms with E-state index in [0.29, 0.717) is 13.2 Å². The molecule has 3 aromatic rings. The Morgan fingerprint density at radius 2 is 1.67 bits per heavy atom. The molecule has 0 spiro atoms. The van der Waals surface area contributed by atoms with Crippen LogP contribution in [0.4, 0.5) is 0 Å². The molecule has 1 heterocycles. The lowest BCUT2D eigenvalue weighted by Gasteiger charge is -2.33. The van der Waals surface area contributed by atoms with Crippen molar-refractivity contribution in [2.75, 3.05) is 13.2 Å². The molecule has 0 radical (unpaired) electrons. The molecule has 5 nitrogen and oxygen atoms in total. The summed E-state index contributed by atoms with van der Waals surface area (Å²) in [6.07, 6.45) is 2.68. The molecule has 4 rings (SSSR count). The standard InChI is InChI=1S/C22H22N2O3/c1-22(26-11-6-12-27-22)14-21(25)24-23-15-20-18-9-4-2-7-16(18)13-17-8-3-5-10-19(17)20/h2-5,7-10,13,15H,6,11-12,14H2,1H3,(H,24,25). The molecule has 0 atom stereocenters. The van der Waals surface area contributed by atoms with Crippen LogP contribution >= 0.6 is 0 Å². The first-order valence-electron chi connectivity index (χ1n) is 9.15. The summed E-state index contributed by atoms with van der Waals surface area (Å²) in [6, 6.07) is 18.5. The van der Waals surface area contributed by atoms with Crippen molar-refractivity contribution in [1.82, 2.24) is 5.43 Å². The van der Waals surface area contributed by atoms with Crippen molar-refractivity contribution in [2.45, 2.75) is 25.6 Å². The second kappa shape index (κ2) is 7.47. The summed E-state index contributed by atoms with van der Waals surface area (Å²) in [5.74, 6) is -1.11. The normalized spacial score (nSPS) is 16.8. The Kier molecular flexibility index (Phi) is 4.88. The van der Waals surface area contributed by atoms with Crippen LogP contribution in [0.1, 0.15) is 25.3 Å². The highest BCUT2D eigenvalue weighted by atomic mass is 16.7. The molecule has 5 heteroatoms. The van der Waals surface area contributed by atoms with Gasteiger partial charge >= 0.3 is 0 Å². The van der Waals surface area contributed by atoms with E-state index in [-0.39, 0.29) is 12.3 Å². The average molecular weight is 362 g/mol. The van der Waals surface area contributed by atoms with Gasteiger partial charge in [0.2, 0.25) is 5.91 Å². The van der Waals surface area contributed by atoms with Crippen LogP contribution in [0.25, 0.3) is 21.5 Å². The number of benzene rings is 3. The summed E-state index contributed by atoms with van der Waals surface area (Å²) < 4.78 is 11.2. The number of hydrazone groups is 1. The Morgan fingerprint density at radius 1 is 1.07 bits per heavy atom. The predicted molar refractivity (Wildman–Crippen MR) is 107 cm³/mol. The third kappa shape index (κ3) is 3.84. The number of ether oxygens (including phenoxy) is 2. The van der Waals surface area contributed by atoms with Crippen molar-refractivity contribution in [3.8, 4) is 0 Å². The van der Waals surface area contributed by atoms with Gasteiger partial charge in [0.25, 0.3) is 0 Å². The van der Waals surface area contributed by atoms with Crippen LogP contribution in [0.2, 0.25) is 0 Å². The van der Waals surface area contributed by atoms with Crippen molar-refractivity contribution in [2.24, 2.45) is 5.10 Å². The highest BCUT2D eigenvalue weighted by Crippen LogP contribution is 2.27. The number of nitrogens with zero attached hydrogens (tertiary/aromatic N) is 1. The Morgan fingerprint density at radius 3 is 2.30 bits per heavy atom. The van der Waals surface area contributed by atoms with Crippen LogP contribution in [0, 0.1) is 0 Å². The first-order valence-corrected chi connectivity index (χ1v) is 9.15. The molecule has 138 valence electrons. The Hall–Kier alpha value is -2.76. The smallest absolute Gasteiger partial charge is 0.245 e. The summed E-state index contributed by atoms with van der Waals surface area (Å²) in [5.41, 5.74) is 3.59. The highest BCUT2D eigenvalue weighted by molar-refractivity contribution is 6.13. The maximum Gasteiger partial charge on any atom is 0.245 e. The van der Waals surface area contributed by atoms with Crippen molar-refractivity contribution in [1.29, 1.82) is 0 Å². The molecule has 3 aromatic carbocycles. The van der Waals surface area contributed by atoms with Gasteiger partial charge in [0, 0.05) is 5.56 Å². The fourth-order valence-electron chi connectivity index (χ4n) is 3.47. The summed E-state index contributed by atoms with van der Waals surface area (Å²) in [6.45, 7) is 3.00. The number of carbonyl (C=O) groups is 1. The van der Waals surface area contributed by atoms with Gasteiger partial charge in [0.15, 0.2) is 5.79 Å². The number of amides is 1. The first-order chi connectivity index (χ1) is 13.1. The van der Waals surface area contributed by atoms with Crippen molar-refractivity contribution in [3.05, 3.63) is 60.2 Å². The minimum Gasteiger partial charge on any atom is -0.350 e. The maximum atomic E-state index is 12.2. The molecule has 1 N–H and O–H groups in total. The summed E-state index contributed by atoms with van der Waals surface area (Å²) in [7, 11) is 0. The van der Waals surface area contributed by atoms with Crippen molar-refractivity contribution < 1.29 is 14.3 Å². The van der Waals surface area contributed by atoms with E-state index in [0.717, 1.165) is 33.5 Å². The predicted octanol–water partition coefficient (Wildman–Crippen LogP) is 3.99. The quantitative estimate of drug-likeness (QED) is 0.434. The average Bonchev–Trinajstić information content (AvgIpc) is 2.67. The number of nitrogens with one attached hydrogen (secondary N) is 1. The molecular weight excluding hydrogens is 340 g/mol. The number of rotatable bonds is 4. The van der Waals surface area contributed by atoms with E-state index in [2.05, 4.69) is 40.9 Å². The van der Waals surface area contributed by atoms with Crippen molar-refractivity contribution >= 4 is 33.7 Å². The SMILES string of the molecule is CC1(CC(=O)NN=Cc2c3ccccc3cc3ccccc23)OCCCO1. The third-order valence-corrected chi connectivity index (χ3v) is 4.78. The fourth-order valence-corrected chi connectivity index (χ4v) is 3.47. The summed E-state index contributed by atoms with van der Waals surface area (Å²) in [5, 5.41) is 8.68.